The fourth-order valence-corrected chi connectivity index (χ4v) is 3.18. The zero-order valence-electron chi connectivity index (χ0n) is 16.0. The fraction of sp³-hybridized carbons (Fsp3) is 0.550. The third-order valence-corrected chi connectivity index (χ3v) is 4.79. The van der Waals surface area contributed by atoms with E-state index in [0.29, 0.717) is 31.2 Å². The van der Waals surface area contributed by atoms with Gasteiger partial charge in [-0.1, -0.05) is 36.3 Å². The molecule has 146 valence electrons. The van der Waals surface area contributed by atoms with Crippen molar-refractivity contribution < 1.29 is 18.8 Å². The first-order chi connectivity index (χ1) is 13.2. The SMILES string of the molecule is CCc1ccc(-c2noc(CN(CCC(=O)OC)CC3CCCO3)n2)cc1. The van der Waals surface area contributed by atoms with Crippen molar-refractivity contribution >= 4 is 5.97 Å². The lowest BCUT2D eigenvalue weighted by atomic mass is 10.1. The van der Waals surface area contributed by atoms with E-state index in [1.54, 1.807) is 0 Å². The van der Waals surface area contributed by atoms with Crippen LogP contribution in [-0.2, 0) is 27.2 Å². The molecule has 2 aromatic rings. The molecule has 1 atom stereocenters. The molecule has 1 aliphatic rings. The number of ether oxygens (including phenoxy) is 2. The van der Waals surface area contributed by atoms with Gasteiger partial charge in [0.25, 0.3) is 0 Å². The summed E-state index contributed by atoms with van der Waals surface area (Å²) in [6.07, 6.45) is 3.62. The highest BCUT2D eigenvalue weighted by Gasteiger charge is 2.22. The average Bonchev–Trinajstić information content (AvgIpc) is 3.38. The molecule has 0 amide bonds. The van der Waals surface area contributed by atoms with Crippen LogP contribution >= 0.6 is 0 Å². The number of aryl methyl sites for hydroxylation is 1. The van der Waals surface area contributed by atoms with Crippen LogP contribution in [0.3, 0.4) is 0 Å². The van der Waals surface area contributed by atoms with E-state index in [-0.39, 0.29) is 12.1 Å². The van der Waals surface area contributed by atoms with Gasteiger partial charge in [-0.2, -0.15) is 4.98 Å². The maximum absolute atomic E-state index is 11.5. The van der Waals surface area contributed by atoms with Gasteiger partial charge < -0.3 is 14.0 Å². The van der Waals surface area contributed by atoms with Crippen LogP contribution < -0.4 is 0 Å². The molecule has 3 rings (SSSR count). The van der Waals surface area contributed by atoms with Crippen LogP contribution in [0.25, 0.3) is 11.4 Å². The summed E-state index contributed by atoms with van der Waals surface area (Å²) in [7, 11) is 1.40. The topological polar surface area (TPSA) is 77.7 Å². The lowest BCUT2D eigenvalue weighted by Crippen LogP contribution is -2.33. The summed E-state index contributed by atoms with van der Waals surface area (Å²) in [6.45, 7) is 4.71. The molecule has 7 nitrogen and oxygen atoms in total. The largest absolute Gasteiger partial charge is 0.469 e. The summed E-state index contributed by atoms with van der Waals surface area (Å²) in [4.78, 5) is 18.2. The van der Waals surface area contributed by atoms with Crippen LogP contribution in [0.5, 0.6) is 0 Å². The molecule has 1 unspecified atom stereocenters. The van der Waals surface area contributed by atoms with Crippen molar-refractivity contribution in [2.24, 2.45) is 0 Å². The minimum atomic E-state index is -0.227. The highest BCUT2D eigenvalue weighted by Crippen LogP contribution is 2.19. The summed E-state index contributed by atoms with van der Waals surface area (Å²) >= 11 is 0. The van der Waals surface area contributed by atoms with E-state index in [4.69, 9.17) is 14.0 Å². The van der Waals surface area contributed by atoms with Gasteiger partial charge in [0.05, 0.1) is 26.2 Å². The van der Waals surface area contributed by atoms with E-state index >= 15 is 0 Å². The lowest BCUT2D eigenvalue weighted by Gasteiger charge is -2.23. The molecular formula is C20H27N3O4. The highest BCUT2D eigenvalue weighted by molar-refractivity contribution is 5.69. The molecule has 1 saturated heterocycles. The van der Waals surface area contributed by atoms with Gasteiger partial charge in [-0.15, -0.1) is 0 Å². The number of aromatic nitrogens is 2. The molecule has 0 spiro atoms. The van der Waals surface area contributed by atoms with Gasteiger partial charge in [0, 0.05) is 25.3 Å². The monoisotopic (exact) mass is 373 g/mol. The molecule has 2 heterocycles. The van der Waals surface area contributed by atoms with Crippen LogP contribution in [0.4, 0.5) is 0 Å². The molecule has 1 fully saturated rings. The van der Waals surface area contributed by atoms with Gasteiger partial charge >= 0.3 is 5.97 Å². The Morgan fingerprint density at radius 2 is 2.15 bits per heavy atom. The Kier molecular flexibility index (Phi) is 6.95. The van der Waals surface area contributed by atoms with Crippen molar-refractivity contribution in [1.29, 1.82) is 0 Å². The smallest absolute Gasteiger partial charge is 0.306 e. The number of nitrogens with zero attached hydrogens (tertiary/aromatic N) is 3. The molecule has 1 aliphatic heterocycles. The second kappa shape index (κ2) is 9.62. The molecule has 0 saturated carbocycles. The number of esters is 1. The van der Waals surface area contributed by atoms with Crippen molar-refractivity contribution in [1.82, 2.24) is 15.0 Å². The predicted octanol–water partition coefficient (Wildman–Crippen LogP) is 2.84. The average molecular weight is 373 g/mol. The van der Waals surface area contributed by atoms with Gasteiger partial charge in [0.1, 0.15) is 0 Å². The number of carbonyl (C=O) groups excluding carboxylic acids is 1. The Hall–Kier alpha value is -2.25. The Morgan fingerprint density at radius 1 is 1.33 bits per heavy atom. The Morgan fingerprint density at radius 3 is 2.81 bits per heavy atom. The van der Waals surface area contributed by atoms with Crippen molar-refractivity contribution in [3.8, 4) is 11.4 Å². The van der Waals surface area contributed by atoms with E-state index < -0.39 is 0 Å². The predicted molar refractivity (Wildman–Crippen MR) is 100.0 cm³/mol. The summed E-state index contributed by atoms with van der Waals surface area (Å²) in [5, 5.41) is 4.10. The first-order valence-corrected chi connectivity index (χ1v) is 9.50. The van der Waals surface area contributed by atoms with Crippen LogP contribution in [0.1, 0.15) is 37.6 Å². The second-order valence-electron chi connectivity index (χ2n) is 6.76. The first-order valence-electron chi connectivity index (χ1n) is 9.50. The van der Waals surface area contributed by atoms with Gasteiger partial charge in [0.2, 0.25) is 11.7 Å². The van der Waals surface area contributed by atoms with E-state index in [9.17, 15) is 4.79 Å². The first kappa shape index (κ1) is 19.5. The van der Waals surface area contributed by atoms with E-state index in [1.807, 2.05) is 12.1 Å². The molecule has 1 aromatic heterocycles. The number of carbonyl (C=O) groups is 1. The number of rotatable bonds is 9. The van der Waals surface area contributed by atoms with Crippen molar-refractivity contribution in [3.63, 3.8) is 0 Å². The van der Waals surface area contributed by atoms with Gasteiger partial charge in [0.15, 0.2) is 0 Å². The van der Waals surface area contributed by atoms with Crippen LogP contribution in [-0.4, -0.2) is 53.9 Å². The minimum absolute atomic E-state index is 0.187. The van der Waals surface area contributed by atoms with Crippen LogP contribution in [0.15, 0.2) is 28.8 Å². The number of benzene rings is 1. The molecular weight excluding hydrogens is 346 g/mol. The molecule has 0 bridgehead atoms. The van der Waals surface area contributed by atoms with E-state index in [0.717, 1.165) is 38.0 Å². The molecule has 0 radical (unpaired) electrons. The number of hydrogen-bond acceptors (Lipinski definition) is 7. The lowest BCUT2D eigenvalue weighted by molar-refractivity contribution is -0.141. The standard InChI is InChI=1S/C20H27N3O4/c1-3-15-6-8-16(9-7-15)20-21-18(27-22-20)14-23(11-10-19(24)25-2)13-17-5-4-12-26-17/h6-9,17H,3-5,10-14H2,1-2H3. The molecule has 1 aromatic carbocycles. The molecule has 7 heteroatoms. The summed E-state index contributed by atoms with van der Waals surface area (Å²) < 4.78 is 15.9. The van der Waals surface area contributed by atoms with Crippen molar-refractivity contribution in [3.05, 3.63) is 35.7 Å². The summed E-state index contributed by atoms with van der Waals surface area (Å²) in [6, 6.07) is 8.17. The molecule has 0 aliphatic carbocycles. The normalized spacial score (nSPS) is 16.8. The van der Waals surface area contributed by atoms with Gasteiger partial charge in [-0.05, 0) is 24.8 Å². The maximum Gasteiger partial charge on any atom is 0.306 e. The summed E-state index contributed by atoms with van der Waals surface area (Å²) in [5.74, 6) is 0.889. The minimum Gasteiger partial charge on any atom is -0.469 e. The highest BCUT2D eigenvalue weighted by atomic mass is 16.5. The van der Waals surface area contributed by atoms with Crippen LogP contribution in [0, 0.1) is 0 Å². The van der Waals surface area contributed by atoms with Gasteiger partial charge in [-0.3, -0.25) is 9.69 Å². The second-order valence-corrected chi connectivity index (χ2v) is 6.76. The van der Waals surface area contributed by atoms with Crippen LogP contribution in [0.2, 0.25) is 0 Å². The number of methoxy groups -OCH3 is 1. The van der Waals surface area contributed by atoms with Crippen molar-refractivity contribution in [2.75, 3.05) is 26.8 Å². The van der Waals surface area contributed by atoms with E-state index in [2.05, 4.69) is 34.1 Å². The third-order valence-electron chi connectivity index (χ3n) is 4.79. The maximum atomic E-state index is 11.5. The quantitative estimate of drug-likeness (QED) is 0.626. The molecule has 0 N–H and O–H groups in total. The Labute approximate surface area is 159 Å². The number of hydrogen-bond donors (Lipinski definition) is 0. The van der Waals surface area contributed by atoms with E-state index in [1.165, 1.54) is 12.7 Å². The zero-order valence-corrected chi connectivity index (χ0v) is 16.0. The molecule has 27 heavy (non-hydrogen) atoms. The van der Waals surface area contributed by atoms with Crippen molar-refractivity contribution in [2.45, 2.75) is 45.3 Å². The fourth-order valence-electron chi connectivity index (χ4n) is 3.18. The van der Waals surface area contributed by atoms with Gasteiger partial charge in [-0.25, -0.2) is 0 Å². The summed E-state index contributed by atoms with van der Waals surface area (Å²) in [5.41, 5.74) is 2.20. The third kappa shape index (κ3) is 5.61. The zero-order chi connectivity index (χ0) is 19.1. The Balaban J connectivity index is 1.64. The Bertz CT molecular complexity index is 723.